The Morgan fingerprint density at radius 1 is 1.54 bits per heavy atom. The highest BCUT2D eigenvalue weighted by atomic mass is 16.3. The molecule has 2 rings (SSSR count). The maximum atomic E-state index is 11.3. The number of carbonyl (C=O) groups is 1. The summed E-state index contributed by atoms with van der Waals surface area (Å²) in [6, 6.07) is 0. The zero-order valence-corrected chi connectivity index (χ0v) is 6.99. The van der Waals surface area contributed by atoms with Crippen molar-refractivity contribution >= 4 is 5.78 Å². The minimum absolute atomic E-state index is 0.256. The first-order valence-corrected chi connectivity index (χ1v) is 4.22. The zero-order chi connectivity index (χ0) is 9.42. The number of ketones is 1. The van der Waals surface area contributed by atoms with E-state index >= 15 is 0 Å². The third-order valence-corrected chi connectivity index (χ3v) is 2.48. The Bertz CT molecular complexity index is 341. The van der Waals surface area contributed by atoms with Crippen LogP contribution in [-0.2, 0) is 4.79 Å². The van der Waals surface area contributed by atoms with Gasteiger partial charge in [0.05, 0.1) is 5.70 Å². The van der Waals surface area contributed by atoms with Crippen molar-refractivity contribution in [3.05, 3.63) is 27.8 Å². The predicted octanol–water partition coefficient (Wildman–Crippen LogP) is 1.06. The molecule has 0 amide bonds. The van der Waals surface area contributed by atoms with Crippen LogP contribution in [0.1, 0.15) is 19.3 Å². The molecule has 2 aliphatic rings. The Morgan fingerprint density at radius 2 is 2.31 bits per heavy atom. The smallest absolute Gasteiger partial charge is 0.191 e. The molecule has 0 aromatic heterocycles. The average molecular weight is 179 g/mol. The van der Waals surface area contributed by atoms with Crippen molar-refractivity contribution in [1.82, 2.24) is 0 Å². The van der Waals surface area contributed by atoms with E-state index in [0.717, 1.165) is 0 Å². The van der Waals surface area contributed by atoms with E-state index in [1.165, 1.54) is 0 Å². The lowest BCUT2D eigenvalue weighted by Gasteiger charge is -2.08. The Labute approximate surface area is 74.9 Å². The molecule has 0 heterocycles. The molecule has 0 aliphatic heterocycles. The summed E-state index contributed by atoms with van der Waals surface area (Å²) in [6.45, 7) is 0. The maximum Gasteiger partial charge on any atom is 0.191 e. The van der Waals surface area contributed by atoms with Crippen LogP contribution < -0.4 is 0 Å². The van der Waals surface area contributed by atoms with Gasteiger partial charge in [-0.05, 0) is 23.6 Å². The molecule has 4 nitrogen and oxygen atoms in total. The van der Waals surface area contributed by atoms with E-state index in [1.807, 2.05) is 0 Å². The number of nitrogens with zero attached hydrogens (tertiary/aromatic N) is 1. The van der Waals surface area contributed by atoms with Crippen molar-refractivity contribution in [3.8, 4) is 0 Å². The van der Waals surface area contributed by atoms with Crippen LogP contribution in [0.5, 0.6) is 0 Å². The fraction of sp³-hybridized carbons (Fsp3) is 0.444. The monoisotopic (exact) mass is 179 g/mol. The summed E-state index contributed by atoms with van der Waals surface area (Å²) in [6.07, 6.45) is 2.32. The van der Waals surface area contributed by atoms with E-state index in [4.69, 9.17) is 0 Å². The molecule has 1 atom stereocenters. The van der Waals surface area contributed by atoms with Crippen LogP contribution in [0.2, 0.25) is 0 Å². The molecule has 1 saturated carbocycles. The van der Waals surface area contributed by atoms with E-state index in [-0.39, 0.29) is 12.2 Å². The minimum Gasteiger partial charge on any atom is -0.385 e. The first kappa shape index (κ1) is 8.31. The quantitative estimate of drug-likeness (QED) is 0.612. The molecule has 0 aromatic rings. The van der Waals surface area contributed by atoms with Gasteiger partial charge in [-0.1, -0.05) is 6.08 Å². The largest absolute Gasteiger partial charge is 0.385 e. The summed E-state index contributed by atoms with van der Waals surface area (Å²) in [7, 11) is 0. The molecule has 1 N–H and O–H groups in total. The highest BCUT2D eigenvalue weighted by Gasteiger charge is 2.35. The number of carbonyl (C=O) groups excluding carboxylic acids is 1. The number of aliphatic hydroxyl groups is 1. The standard InChI is InChI=1S/C9H9NO3/c11-8-4-6-5(9(8)12)2-1-3-7(6)10-13/h2,8,11H,1,3-4H2. The fourth-order valence-corrected chi connectivity index (χ4v) is 1.83. The maximum absolute atomic E-state index is 11.3. The molecule has 0 radical (unpaired) electrons. The molecular weight excluding hydrogens is 170 g/mol. The molecule has 13 heavy (non-hydrogen) atoms. The second-order valence-corrected chi connectivity index (χ2v) is 3.26. The summed E-state index contributed by atoms with van der Waals surface area (Å²) in [4.78, 5) is 21.7. The predicted molar refractivity (Wildman–Crippen MR) is 45.8 cm³/mol. The summed E-state index contributed by atoms with van der Waals surface area (Å²) >= 11 is 0. The van der Waals surface area contributed by atoms with Crippen LogP contribution in [-0.4, -0.2) is 17.0 Å². The van der Waals surface area contributed by atoms with Crippen LogP contribution in [0.4, 0.5) is 0 Å². The van der Waals surface area contributed by atoms with Crippen molar-refractivity contribution in [2.24, 2.45) is 5.18 Å². The molecule has 1 unspecified atom stereocenters. The van der Waals surface area contributed by atoms with Crippen LogP contribution in [0.25, 0.3) is 0 Å². The fourth-order valence-electron chi connectivity index (χ4n) is 1.83. The van der Waals surface area contributed by atoms with Crippen LogP contribution >= 0.6 is 0 Å². The van der Waals surface area contributed by atoms with Gasteiger partial charge in [0.2, 0.25) is 0 Å². The van der Waals surface area contributed by atoms with Crippen LogP contribution in [0.3, 0.4) is 0 Å². The number of Topliss-reactive ketones (excluding diaryl/α,β-unsaturated/α-hetero) is 1. The van der Waals surface area contributed by atoms with Gasteiger partial charge in [0.25, 0.3) is 0 Å². The summed E-state index contributed by atoms with van der Waals surface area (Å²) in [5, 5.41) is 12.2. The van der Waals surface area contributed by atoms with Crippen molar-refractivity contribution in [2.75, 3.05) is 0 Å². The molecular formula is C9H9NO3. The lowest BCUT2D eigenvalue weighted by atomic mass is 9.98. The Kier molecular flexibility index (Phi) is 1.84. The van der Waals surface area contributed by atoms with Crippen molar-refractivity contribution < 1.29 is 9.90 Å². The summed E-state index contributed by atoms with van der Waals surface area (Å²) in [5.41, 5.74) is 1.59. The summed E-state index contributed by atoms with van der Waals surface area (Å²) in [5.74, 6) is -0.268. The second kappa shape index (κ2) is 2.88. The molecule has 0 spiro atoms. The van der Waals surface area contributed by atoms with Gasteiger partial charge in [0.1, 0.15) is 6.10 Å². The van der Waals surface area contributed by atoms with Gasteiger partial charge in [0, 0.05) is 12.0 Å². The second-order valence-electron chi connectivity index (χ2n) is 3.26. The number of hydrogen-bond acceptors (Lipinski definition) is 4. The number of allylic oxidation sites excluding steroid dienone is 2. The third-order valence-electron chi connectivity index (χ3n) is 2.48. The van der Waals surface area contributed by atoms with E-state index in [2.05, 4.69) is 5.18 Å². The molecule has 0 bridgehead atoms. The van der Waals surface area contributed by atoms with Gasteiger partial charge in [-0.3, -0.25) is 4.79 Å². The highest BCUT2D eigenvalue weighted by Crippen LogP contribution is 2.36. The minimum atomic E-state index is -0.962. The molecule has 2 aliphatic carbocycles. The third kappa shape index (κ3) is 1.14. The molecule has 0 aromatic carbocycles. The van der Waals surface area contributed by atoms with E-state index in [0.29, 0.717) is 29.7 Å². The number of rotatable bonds is 1. The number of fused-ring (bicyclic) bond motifs is 1. The van der Waals surface area contributed by atoms with Gasteiger partial charge in [-0.2, -0.15) is 0 Å². The van der Waals surface area contributed by atoms with E-state index in [1.54, 1.807) is 6.08 Å². The van der Waals surface area contributed by atoms with Crippen LogP contribution in [0, 0.1) is 4.91 Å². The lowest BCUT2D eigenvalue weighted by molar-refractivity contribution is -0.121. The van der Waals surface area contributed by atoms with Gasteiger partial charge in [-0.15, -0.1) is 4.91 Å². The van der Waals surface area contributed by atoms with Crippen molar-refractivity contribution in [1.29, 1.82) is 0 Å². The molecule has 0 saturated heterocycles. The first-order chi connectivity index (χ1) is 6.24. The Morgan fingerprint density at radius 3 is 3.00 bits per heavy atom. The lowest BCUT2D eigenvalue weighted by Crippen LogP contribution is -2.12. The molecule has 1 fully saturated rings. The van der Waals surface area contributed by atoms with Crippen molar-refractivity contribution in [3.63, 3.8) is 0 Å². The van der Waals surface area contributed by atoms with Gasteiger partial charge >= 0.3 is 0 Å². The van der Waals surface area contributed by atoms with E-state index in [9.17, 15) is 14.8 Å². The number of hydrogen-bond donors (Lipinski definition) is 1. The topological polar surface area (TPSA) is 66.7 Å². The van der Waals surface area contributed by atoms with Gasteiger partial charge < -0.3 is 5.11 Å². The Balaban J connectivity index is 2.48. The summed E-state index contributed by atoms with van der Waals surface area (Å²) < 4.78 is 0. The van der Waals surface area contributed by atoms with Gasteiger partial charge in [-0.25, -0.2) is 0 Å². The number of nitroso groups, excluding NO2 is 1. The average Bonchev–Trinajstić information content (AvgIpc) is 2.43. The van der Waals surface area contributed by atoms with E-state index < -0.39 is 6.10 Å². The van der Waals surface area contributed by atoms with Gasteiger partial charge in [0.15, 0.2) is 5.78 Å². The molecule has 68 valence electrons. The number of aliphatic hydroxyl groups excluding tert-OH is 1. The highest BCUT2D eigenvalue weighted by molar-refractivity contribution is 6.06. The zero-order valence-electron chi connectivity index (χ0n) is 6.99. The Hall–Kier alpha value is -1.29. The van der Waals surface area contributed by atoms with Crippen LogP contribution in [0.15, 0.2) is 28.1 Å². The first-order valence-electron chi connectivity index (χ1n) is 4.22. The van der Waals surface area contributed by atoms with Crippen molar-refractivity contribution in [2.45, 2.75) is 25.4 Å². The normalized spacial score (nSPS) is 27.3. The SMILES string of the molecule is O=NC1=C2CC(O)C(=O)C2=CCC1. The molecule has 4 heteroatoms.